The highest BCUT2D eigenvalue weighted by atomic mass is 16.5. The van der Waals surface area contributed by atoms with E-state index in [1.54, 1.807) is 12.0 Å². The van der Waals surface area contributed by atoms with Crippen molar-refractivity contribution in [2.24, 2.45) is 5.92 Å². The van der Waals surface area contributed by atoms with E-state index in [2.05, 4.69) is 6.92 Å². The fourth-order valence-electron chi connectivity index (χ4n) is 2.74. The number of ether oxygens (including phenoxy) is 2. The third-order valence-corrected chi connectivity index (χ3v) is 4.07. The predicted octanol–water partition coefficient (Wildman–Crippen LogP) is 0.502. The molecule has 0 saturated carbocycles. The van der Waals surface area contributed by atoms with Crippen LogP contribution in [0.2, 0.25) is 0 Å². The van der Waals surface area contributed by atoms with Crippen molar-refractivity contribution in [3.8, 4) is 0 Å². The molecular weight excluding hydrogens is 250 g/mol. The van der Waals surface area contributed by atoms with Crippen LogP contribution in [-0.4, -0.2) is 60.4 Å². The molecule has 0 bridgehead atoms. The number of amides is 1. The lowest BCUT2D eigenvalue weighted by molar-refractivity contribution is -0.156. The maximum atomic E-state index is 12.3. The largest absolute Gasteiger partial charge is 0.479 e. The highest BCUT2D eigenvalue weighted by Crippen LogP contribution is 2.25. The zero-order valence-corrected chi connectivity index (χ0v) is 11.4. The molecule has 6 nitrogen and oxygen atoms in total. The van der Waals surface area contributed by atoms with Crippen molar-refractivity contribution in [3.63, 3.8) is 0 Å². The van der Waals surface area contributed by atoms with E-state index in [4.69, 9.17) is 14.6 Å². The third kappa shape index (κ3) is 3.06. The predicted molar refractivity (Wildman–Crippen MR) is 66.7 cm³/mol. The van der Waals surface area contributed by atoms with E-state index in [1.807, 2.05) is 0 Å². The van der Waals surface area contributed by atoms with Gasteiger partial charge in [-0.1, -0.05) is 6.92 Å². The molecule has 0 aliphatic carbocycles. The van der Waals surface area contributed by atoms with Crippen LogP contribution in [0.15, 0.2) is 0 Å². The molecule has 2 aliphatic heterocycles. The molecule has 0 aromatic rings. The van der Waals surface area contributed by atoms with Gasteiger partial charge in [0.1, 0.15) is 6.10 Å². The summed E-state index contributed by atoms with van der Waals surface area (Å²) in [7, 11) is 1.65. The minimum atomic E-state index is -0.989. The van der Waals surface area contributed by atoms with E-state index in [0.29, 0.717) is 31.8 Å². The molecule has 2 aliphatic rings. The maximum Gasteiger partial charge on any atom is 0.332 e. The first-order chi connectivity index (χ1) is 9.02. The summed E-state index contributed by atoms with van der Waals surface area (Å²) in [6.45, 7) is 3.37. The lowest BCUT2D eigenvalue weighted by Crippen LogP contribution is -2.50. The van der Waals surface area contributed by atoms with Crippen molar-refractivity contribution in [2.45, 2.75) is 44.5 Å². The Labute approximate surface area is 112 Å². The number of carboxylic acid groups (broad SMARTS) is 1. The van der Waals surface area contributed by atoms with Gasteiger partial charge in [0.05, 0.1) is 6.10 Å². The summed E-state index contributed by atoms with van der Waals surface area (Å²) in [5.74, 6) is -0.652. The fraction of sp³-hybridized carbons (Fsp3) is 0.846. The highest BCUT2D eigenvalue weighted by molar-refractivity contribution is 5.82. The van der Waals surface area contributed by atoms with Gasteiger partial charge in [0.2, 0.25) is 0 Å². The zero-order chi connectivity index (χ0) is 14.0. The summed E-state index contributed by atoms with van der Waals surface area (Å²) in [6, 6.07) is 0. The van der Waals surface area contributed by atoms with Gasteiger partial charge < -0.3 is 19.5 Å². The van der Waals surface area contributed by atoms with Gasteiger partial charge in [-0.2, -0.15) is 0 Å². The Bertz CT molecular complexity index is 359. The second-order valence-electron chi connectivity index (χ2n) is 5.35. The molecule has 19 heavy (non-hydrogen) atoms. The molecule has 1 N–H and O–H groups in total. The number of carboxylic acids is 1. The van der Waals surface area contributed by atoms with Crippen molar-refractivity contribution < 1.29 is 24.2 Å². The van der Waals surface area contributed by atoms with Crippen molar-refractivity contribution in [1.82, 2.24) is 4.90 Å². The summed E-state index contributed by atoms with van der Waals surface area (Å²) in [5.41, 5.74) is 0. The number of likely N-dealkylation sites (tertiary alicyclic amines) is 1. The number of carbonyl (C=O) groups excluding carboxylic acids is 1. The van der Waals surface area contributed by atoms with Gasteiger partial charge in [-0.15, -0.1) is 0 Å². The minimum Gasteiger partial charge on any atom is -0.479 e. The van der Waals surface area contributed by atoms with Gasteiger partial charge >= 0.3 is 5.97 Å². The topological polar surface area (TPSA) is 76.1 Å². The summed E-state index contributed by atoms with van der Waals surface area (Å²) in [5, 5.41) is 8.87. The number of hydrogen-bond acceptors (Lipinski definition) is 4. The molecule has 2 fully saturated rings. The van der Waals surface area contributed by atoms with Gasteiger partial charge in [-0.05, 0) is 25.2 Å². The Kier molecular flexibility index (Phi) is 4.42. The maximum absolute atomic E-state index is 12.3. The van der Waals surface area contributed by atoms with Crippen LogP contribution in [-0.2, 0) is 19.1 Å². The van der Waals surface area contributed by atoms with Crippen molar-refractivity contribution in [3.05, 3.63) is 0 Å². The standard InChI is InChI=1S/C13H21NO5/c1-8-5-6-14(7-11(8)18-2)12(15)9-3-4-10(19-9)13(16)17/h8-11H,3-7H2,1-2H3,(H,16,17). The number of methoxy groups -OCH3 is 1. The molecule has 2 heterocycles. The summed E-state index contributed by atoms with van der Waals surface area (Å²) in [6.07, 6.45) is 0.403. The summed E-state index contributed by atoms with van der Waals surface area (Å²) >= 11 is 0. The average molecular weight is 271 g/mol. The Morgan fingerprint density at radius 2 is 1.95 bits per heavy atom. The molecule has 0 aromatic heterocycles. The van der Waals surface area contributed by atoms with Gasteiger partial charge in [0, 0.05) is 20.2 Å². The molecule has 2 rings (SSSR count). The first kappa shape index (κ1) is 14.3. The molecular formula is C13H21NO5. The zero-order valence-electron chi connectivity index (χ0n) is 11.4. The molecule has 0 aromatic carbocycles. The number of carbonyl (C=O) groups is 2. The molecule has 4 atom stereocenters. The molecule has 6 heteroatoms. The summed E-state index contributed by atoms with van der Waals surface area (Å²) < 4.78 is 10.7. The number of aliphatic carboxylic acids is 1. The second kappa shape index (κ2) is 5.88. The number of piperidine rings is 1. The van der Waals surface area contributed by atoms with Crippen LogP contribution in [0.4, 0.5) is 0 Å². The Balaban J connectivity index is 1.92. The quantitative estimate of drug-likeness (QED) is 0.809. The number of hydrogen-bond donors (Lipinski definition) is 1. The van der Waals surface area contributed by atoms with E-state index < -0.39 is 18.2 Å². The van der Waals surface area contributed by atoms with Gasteiger partial charge in [0.15, 0.2) is 6.10 Å². The minimum absolute atomic E-state index is 0.0503. The van der Waals surface area contributed by atoms with Crippen LogP contribution in [0.3, 0.4) is 0 Å². The van der Waals surface area contributed by atoms with Crippen molar-refractivity contribution in [1.29, 1.82) is 0 Å². The monoisotopic (exact) mass is 271 g/mol. The van der Waals surface area contributed by atoms with Crippen LogP contribution in [0.5, 0.6) is 0 Å². The van der Waals surface area contributed by atoms with E-state index in [9.17, 15) is 9.59 Å². The van der Waals surface area contributed by atoms with Crippen molar-refractivity contribution >= 4 is 11.9 Å². The smallest absolute Gasteiger partial charge is 0.332 e. The highest BCUT2D eigenvalue weighted by Gasteiger charge is 2.38. The van der Waals surface area contributed by atoms with Crippen LogP contribution in [0.25, 0.3) is 0 Å². The van der Waals surface area contributed by atoms with Gasteiger partial charge in [0.25, 0.3) is 5.91 Å². The molecule has 0 radical (unpaired) electrons. The average Bonchev–Trinajstić information content (AvgIpc) is 2.88. The normalized spacial score (nSPS) is 35.4. The lowest BCUT2D eigenvalue weighted by Gasteiger charge is -2.37. The van der Waals surface area contributed by atoms with Crippen molar-refractivity contribution in [2.75, 3.05) is 20.2 Å². The molecule has 0 spiro atoms. The Morgan fingerprint density at radius 1 is 1.26 bits per heavy atom. The van der Waals surface area contributed by atoms with Crippen LogP contribution < -0.4 is 0 Å². The van der Waals surface area contributed by atoms with E-state index >= 15 is 0 Å². The third-order valence-electron chi connectivity index (χ3n) is 4.07. The van der Waals surface area contributed by atoms with E-state index in [0.717, 1.165) is 6.42 Å². The Morgan fingerprint density at radius 3 is 2.53 bits per heavy atom. The Hall–Kier alpha value is -1.14. The molecule has 2 saturated heterocycles. The summed E-state index contributed by atoms with van der Waals surface area (Å²) in [4.78, 5) is 24.8. The van der Waals surface area contributed by atoms with Gasteiger partial charge in [-0.3, -0.25) is 4.79 Å². The number of rotatable bonds is 3. The van der Waals surface area contributed by atoms with Gasteiger partial charge in [-0.25, -0.2) is 4.79 Å². The molecule has 108 valence electrons. The first-order valence-electron chi connectivity index (χ1n) is 6.72. The van der Waals surface area contributed by atoms with E-state index in [-0.39, 0.29) is 12.0 Å². The van der Waals surface area contributed by atoms with Crippen LogP contribution in [0.1, 0.15) is 26.2 Å². The SMILES string of the molecule is COC1CN(C(=O)C2CCC(C(=O)O)O2)CCC1C. The lowest BCUT2D eigenvalue weighted by atomic mass is 9.95. The van der Waals surface area contributed by atoms with Crippen LogP contribution in [0, 0.1) is 5.92 Å². The van der Waals surface area contributed by atoms with Crippen LogP contribution >= 0.6 is 0 Å². The number of nitrogens with zero attached hydrogens (tertiary/aromatic N) is 1. The van der Waals surface area contributed by atoms with E-state index in [1.165, 1.54) is 0 Å². The molecule has 1 amide bonds. The first-order valence-corrected chi connectivity index (χ1v) is 6.72. The second-order valence-corrected chi connectivity index (χ2v) is 5.35. The fourth-order valence-corrected chi connectivity index (χ4v) is 2.74. The molecule has 4 unspecified atom stereocenters.